The number of amides is 1. The predicted molar refractivity (Wildman–Crippen MR) is 114 cm³/mol. The van der Waals surface area contributed by atoms with E-state index in [0.29, 0.717) is 24.5 Å². The van der Waals surface area contributed by atoms with Crippen molar-refractivity contribution in [1.29, 1.82) is 0 Å². The van der Waals surface area contributed by atoms with Crippen LogP contribution in [0.5, 0.6) is 5.75 Å². The highest BCUT2D eigenvalue weighted by Crippen LogP contribution is 2.22. The van der Waals surface area contributed by atoms with Gasteiger partial charge in [-0.3, -0.25) is 4.79 Å². The summed E-state index contributed by atoms with van der Waals surface area (Å²) >= 11 is 5.86. The number of carbonyl (C=O) groups is 1. The second-order valence-corrected chi connectivity index (χ2v) is 7.16. The summed E-state index contributed by atoms with van der Waals surface area (Å²) in [4.78, 5) is 12.5. The number of nitrogens with one attached hydrogen (secondary N) is 1. The second-order valence-electron chi connectivity index (χ2n) is 6.73. The summed E-state index contributed by atoms with van der Waals surface area (Å²) in [6.07, 6.45) is 1.05. The van der Waals surface area contributed by atoms with Crippen LogP contribution in [-0.4, -0.2) is 12.5 Å². The van der Waals surface area contributed by atoms with Crippen LogP contribution in [0, 0.1) is 6.92 Å². The summed E-state index contributed by atoms with van der Waals surface area (Å²) in [5.41, 5.74) is 3.33. The molecular formula is C24H24ClNO2. The van der Waals surface area contributed by atoms with Crippen molar-refractivity contribution in [2.24, 2.45) is 0 Å². The number of benzene rings is 3. The molecular weight excluding hydrogens is 370 g/mol. The molecule has 3 nitrogen and oxygen atoms in total. The van der Waals surface area contributed by atoms with E-state index in [1.54, 1.807) is 12.1 Å². The fourth-order valence-electron chi connectivity index (χ4n) is 2.95. The highest BCUT2D eigenvalue weighted by Gasteiger charge is 2.16. The van der Waals surface area contributed by atoms with Crippen LogP contribution in [0.2, 0.25) is 5.02 Å². The van der Waals surface area contributed by atoms with E-state index in [0.717, 1.165) is 16.9 Å². The third-order valence-corrected chi connectivity index (χ3v) is 4.73. The van der Waals surface area contributed by atoms with Gasteiger partial charge in [-0.1, -0.05) is 71.8 Å². The number of hydrogen-bond donors (Lipinski definition) is 1. The van der Waals surface area contributed by atoms with Gasteiger partial charge in [0, 0.05) is 11.4 Å². The molecule has 0 heterocycles. The Hall–Kier alpha value is -2.78. The van der Waals surface area contributed by atoms with Crippen LogP contribution >= 0.6 is 11.6 Å². The SMILES string of the molecule is Cc1ccc([C@@H](NC(=O)CCCOc2ccc(Cl)cc2)c2ccccc2)cc1. The minimum absolute atomic E-state index is 0.00846. The van der Waals surface area contributed by atoms with Gasteiger partial charge >= 0.3 is 0 Å². The zero-order chi connectivity index (χ0) is 19.8. The number of ether oxygens (including phenoxy) is 1. The van der Waals surface area contributed by atoms with E-state index >= 15 is 0 Å². The molecule has 3 aromatic rings. The molecule has 1 atom stereocenters. The van der Waals surface area contributed by atoms with Gasteiger partial charge in [-0.2, -0.15) is 0 Å². The Kier molecular flexibility index (Phi) is 7.10. The fourth-order valence-corrected chi connectivity index (χ4v) is 3.08. The van der Waals surface area contributed by atoms with E-state index in [9.17, 15) is 4.79 Å². The first kappa shape index (κ1) is 20.0. The summed E-state index contributed by atoms with van der Waals surface area (Å²) in [6, 6.07) is 25.4. The van der Waals surface area contributed by atoms with E-state index in [-0.39, 0.29) is 11.9 Å². The minimum atomic E-state index is -0.161. The molecule has 0 aliphatic carbocycles. The van der Waals surface area contributed by atoms with Gasteiger partial charge < -0.3 is 10.1 Å². The van der Waals surface area contributed by atoms with Crippen LogP contribution < -0.4 is 10.1 Å². The van der Waals surface area contributed by atoms with Crippen molar-refractivity contribution in [3.63, 3.8) is 0 Å². The molecule has 0 fully saturated rings. The molecule has 144 valence electrons. The molecule has 0 spiro atoms. The molecule has 3 aromatic carbocycles. The van der Waals surface area contributed by atoms with Crippen LogP contribution in [0.25, 0.3) is 0 Å². The van der Waals surface area contributed by atoms with E-state index in [4.69, 9.17) is 16.3 Å². The molecule has 0 aliphatic rings. The van der Waals surface area contributed by atoms with E-state index in [1.165, 1.54) is 5.56 Å². The van der Waals surface area contributed by atoms with Crippen molar-refractivity contribution in [3.05, 3.63) is 101 Å². The monoisotopic (exact) mass is 393 g/mol. The van der Waals surface area contributed by atoms with Crippen molar-refractivity contribution in [2.45, 2.75) is 25.8 Å². The van der Waals surface area contributed by atoms with Crippen LogP contribution in [-0.2, 0) is 4.79 Å². The number of carbonyl (C=O) groups excluding carboxylic acids is 1. The predicted octanol–water partition coefficient (Wildman–Crippen LogP) is 5.71. The lowest BCUT2D eigenvalue weighted by atomic mass is 9.97. The highest BCUT2D eigenvalue weighted by atomic mass is 35.5. The van der Waals surface area contributed by atoms with Gasteiger partial charge in [-0.15, -0.1) is 0 Å². The van der Waals surface area contributed by atoms with Crippen molar-refractivity contribution in [3.8, 4) is 5.75 Å². The van der Waals surface area contributed by atoms with Crippen LogP contribution in [0.1, 0.15) is 35.6 Å². The third-order valence-electron chi connectivity index (χ3n) is 4.48. The summed E-state index contributed by atoms with van der Waals surface area (Å²) < 4.78 is 5.66. The average molecular weight is 394 g/mol. The van der Waals surface area contributed by atoms with Gasteiger partial charge in [-0.25, -0.2) is 0 Å². The topological polar surface area (TPSA) is 38.3 Å². The van der Waals surface area contributed by atoms with Crippen LogP contribution in [0.3, 0.4) is 0 Å². The van der Waals surface area contributed by atoms with Crippen LogP contribution in [0.4, 0.5) is 0 Å². The Labute approximate surface area is 171 Å². The molecule has 28 heavy (non-hydrogen) atoms. The Balaban J connectivity index is 1.56. The Bertz CT molecular complexity index is 877. The lowest BCUT2D eigenvalue weighted by molar-refractivity contribution is -0.121. The normalized spacial score (nSPS) is 11.6. The largest absolute Gasteiger partial charge is 0.494 e. The molecule has 0 unspecified atom stereocenters. The molecule has 0 aromatic heterocycles. The molecule has 1 amide bonds. The van der Waals surface area contributed by atoms with Gasteiger partial charge in [0.05, 0.1) is 12.6 Å². The maximum Gasteiger partial charge on any atom is 0.220 e. The van der Waals surface area contributed by atoms with Crippen molar-refractivity contribution >= 4 is 17.5 Å². The second kappa shape index (κ2) is 9.95. The molecule has 0 saturated carbocycles. The Morgan fingerprint density at radius 2 is 1.57 bits per heavy atom. The summed E-state index contributed by atoms with van der Waals surface area (Å²) in [6.45, 7) is 2.54. The number of aryl methyl sites for hydroxylation is 1. The molecule has 3 rings (SSSR count). The van der Waals surface area contributed by atoms with Gasteiger partial charge in [-0.05, 0) is 48.7 Å². The number of hydrogen-bond acceptors (Lipinski definition) is 2. The van der Waals surface area contributed by atoms with Crippen LogP contribution in [0.15, 0.2) is 78.9 Å². The lowest BCUT2D eigenvalue weighted by Gasteiger charge is -2.20. The lowest BCUT2D eigenvalue weighted by Crippen LogP contribution is -2.29. The Morgan fingerprint density at radius 1 is 0.929 bits per heavy atom. The van der Waals surface area contributed by atoms with Gasteiger partial charge in [0.2, 0.25) is 5.91 Å². The van der Waals surface area contributed by atoms with Crippen molar-refractivity contribution in [2.75, 3.05) is 6.61 Å². The molecule has 1 N–H and O–H groups in total. The maximum absolute atomic E-state index is 12.5. The first-order chi connectivity index (χ1) is 13.6. The van der Waals surface area contributed by atoms with Gasteiger partial charge in [0.15, 0.2) is 0 Å². The maximum atomic E-state index is 12.5. The summed E-state index contributed by atoms with van der Waals surface area (Å²) in [5.74, 6) is 0.765. The quantitative estimate of drug-likeness (QED) is 0.497. The number of halogens is 1. The molecule has 4 heteroatoms. The fraction of sp³-hybridized carbons (Fsp3) is 0.208. The number of rotatable bonds is 8. The van der Waals surface area contributed by atoms with Gasteiger partial charge in [0.25, 0.3) is 0 Å². The molecule has 0 radical (unpaired) electrons. The smallest absolute Gasteiger partial charge is 0.220 e. The van der Waals surface area contributed by atoms with Crippen molar-refractivity contribution < 1.29 is 9.53 Å². The minimum Gasteiger partial charge on any atom is -0.494 e. The molecule has 0 saturated heterocycles. The standard InChI is InChI=1S/C24H24ClNO2/c1-18-9-11-20(12-10-18)24(19-6-3-2-4-7-19)26-23(27)8-5-17-28-22-15-13-21(25)14-16-22/h2-4,6-7,9-16,24H,5,8,17H2,1H3,(H,26,27)/t24-/m0/s1. The van der Waals surface area contributed by atoms with Crippen molar-refractivity contribution in [1.82, 2.24) is 5.32 Å². The van der Waals surface area contributed by atoms with E-state index < -0.39 is 0 Å². The highest BCUT2D eigenvalue weighted by molar-refractivity contribution is 6.30. The molecule has 0 aliphatic heterocycles. The summed E-state index contributed by atoms with van der Waals surface area (Å²) in [7, 11) is 0. The van der Waals surface area contributed by atoms with E-state index in [2.05, 4.69) is 36.5 Å². The zero-order valence-electron chi connectivity index (χ0n) is 15.9. The molecule has 0 bridgehead atoms. The first-order valence-electron chi connectivity index (χ1n) is 9.41. The summed E-state index contributed by atoms with van der Waals surface area (Å²) in [5, 5.41) is 3.84. The van der Waals surface area contributed by atoms with E-state index in [1.807, 2.05) is 42.5 Å². The zero-order valence-corrected chi connectivity index (χ0v) is 16.7. The van der Waals surface area contributed by atoms with Gasteiger partial charge in [0.1, 0.15) is 5.75 Å². The Morgan fingerprint density at radius 3 is 2.25 bits per heavy atom. The first-order valence-corrected chi connectivity index (χ1v) is 9.79. The third kappa shape index (κ3) is 5.86. The average Bonchev–Trinajstić information content (AvgIpc) is 2.72.